The highest BCUT2D eigenvalue weighted by Gasteiger charge is 2.67. The van der Waals surface area contributed by atoms with Crippen LogP contribution in [0.1, 0.15) is 116 Å². The second kappa shape index (κ2) is 7.86. The minimum atomic E-state index is -0.697. The lowest BCUT2D eigenvalue weighted by molar-refractivity contribution is -0.177. The summed E-state index contributed by atoms with van der Waals surface area (Å²) < 4.78 is 0. The van der Waals surface area contributed by atoms with Gasteiger partial charge in [-0.3, -0.25) is 9.59 Å². The predicted octanol–water partition coefficient (Wildman–Crippen LogP) is 7.16. The molecule has 5 heteroatoms. The molecule has 0 radical (unpaired) electrons. The summed E-state index contributed by atoms with van der Waals surface area (Å²) in [6, 6.07) is 1.75. The number of aromatic hydroxyl groups is 2. The van der Waals surface area contributed by atoms with E-state index < -0.39 is 11.4 Å². The molecule has 0 aliphatic heterocycles. The smallest absolute Gasteiger partial charge is 0.309 e. The van der Waals surface area contributed by atoms with Crippen LogP contribution < -0.4 is 0 Å². The van der Waals surface area contributed by atoms with E-state index in [1.165, 1.54) is 5.57 Å². The molecular formula is C32H44O5. The van der Waals surface area contributed by atoms with Crippen LogP contribution >= 0.6 is 0 Å². The molecule has 3 N–H and O–H groups in total. The van der Waals surface area contributed by atoms with Crippen molar-refractivity contribution < 1.29 is 24.9 Å². The van der Waals surface area contributed by atoms with E-state index in [0.29, 0.717) is 24.3 Å². The molecular weight excluding hydrogens is 464 g/mol. The monoisotopic (exact) mass is 508 g/mol. The lowest BCUT2D eigenvalue weighted by Crippen LogP contribution is -2.62. The fourth-order valence-corrected chi connectivity index (χ4v) is 9.52. The van der Waals surface area contributed by atoms with Crippen LogP contribution in [-0.2, 0) is 15.0 Å². The number of carbonyl (C=O) groups is 2. The Labute approximate surface area is 221 Å². The van der Waals surface area contributed by atoms with Gasteiger partial charge in [0.1, 0.15) is 5.78 Å². The van der Waals surface area contributed by atoms with Crippen LogP contribution in [0.25, 0.3) is 0 Å². The summed E-state index contributed by atoms with van der Waals surface area (Å²) in [5, 5.41) is 31.5. The number of Topliss-reactive ketones (excluding diaryl/α,β-unsaturated/α-hetero) is 1. The normalized spacial score (nSPS) is 42.5. The lowest BCUT2D eigenvalue weighted by atomic mass is 9.34. The molecule has 0 aromatic heterocycles. The minimum absolute atomic E-state index is 0.0746. The maximum absolute atomic E-state index is 12.4. The van der Waals surface area contributed by atoms with Gasteiger partial charge in [-0.05, 0) is 111 Å². The first-order chi connectivity index (χ1) is 17.0. The van der Waals surface area contributed by atoms with Crippen molar-refractivity contribution >= 4 is 11.8 Å². The first-order valence-corrected chi connectivity index (χ1v) is 14.0. The number of carboxylic acid groups (broad SMARTS) is 1. The molecule has 0 bridgehead atoms. The van der Waals surface area contributed by atoms with E-state index in [1.807, 2.05) is 13.8 Å². The van der Waals surface area contributed by atoms with Crippen LogP contribution in [0.2, 0.25) is 0 Å². The van der Waals surface area contributed by atoms with Gasteiger partial charge in [-0.15, -0.1) is 0 Å². The average Bonchev–Trinajstić information content (AvgIpc) is 2.81. The Morgan fingerprint density at radius 1 is 0.973 bits per heavy atom. The number of aliphatic carboxylic acids is 1. The Morgan fingerprint density at radius 3 is 2.24 bits per heavy atom. The molecule has 1 aromatic carbocycles. The van der Waals surface area contributed by atoms with Gasteiger partial charge in [0.25, 0.3) is 0 Å². The summed E-state index contributed by atoms with van der Waals surface area (Å²) in [6.45, 7) is 14.9. The Kier molecular flexibility index (Phi) is 5.59. The standard InChI is InChI=1S/C32H44O5/c1-18(33)14-20-15-23-30(5,21-16-22(34)26(35)19(2)25(20)21)11-13-32(7)24-17-29(4,27(36)37)9-8-28(24,3)10-12-31(23,32)6/h15-16,20,24,34-35H,8-14,17H2,1-7H3,(H,36,37)/t20-,24-,28-,29-,30+,31-,32+/m1/s1. The van der Waals surface area contributed by atoms with Crippen LogP contribution in [0.5, 0.6) is 11.5 Å². The fraction of sp³-hybridized carbons (Fsp3) is 0.688. The quantitative estimate of drug-likeness (QED) is 0.297. The number of fused-ring (bicyclic) bond motifs is 7. The second-order valence-electron chi connectivity index (χ2n) is 14.3. The molecule has 0 heterocycles. The van der Waals surface area contributed by atoms with Crippen LogP contribution in [-0.4, -0.2) is 27.1 Å². The Hall–Kier alpha value is -2.30. The molecule has 3 saturated carbocycles. The van der Waals surface area contributed by atoms with Crippen LogP contribution in [0, 0.1) is 34.5 Å². The Morgan fingerprint density at radius 2 is 1.62 bits per heavy atom. The van der Waals surface area contributed by atoms with E-state index in [2.05, 4.69) is 33.8 Å². The largest absolute Gasteiger partial charge is 0.504 e. The van der Waals surface area contributed by atoms with Crippen LogP contribution in [0.4, 0.5) is 0 Å². The number of ketones is 1. The highest BCUT2D eigenvalue weighted by Crippen LogP contribution is 2.75. The zero-order valence-corrected chi connectivity index (χ0v) is 23.6. The SMILES string of the molecule is CC(=O)C[C@@H]1C=C2[C@@](C)(CC[C@@]3(C)[C@@H]4C[C@](C)(C(=O)O)CC[C@]4(C)CC[C@]23C)c2cc(O)c(O)c(C)c21. The third-order valence-corrected chi connectivity index (χ3v) is 12.2. The van der Waals surface area contributed by atoms with Gasteiger partial charge in [0.15, 0.2) is 11.5 Å². The van der Waals surface area contributed by atoms with Crippen LogP contribution in [0.3, 0.4) is 0 Å². The number of phenolic OH excluding ortho intramolecular Hbond substituents is 2. The zero-order chi connectivity index (χ0) is 27.3. The lowest BCUT2D eigenvalue weighted by Gasteiger charge is -2.70. The number of benzene rings is 1. The van der Waals surface area contributed by atoms with Crippen molar-refractivity contribution in [3.8, 4) is 11.5 Å². The van der Waals surface area contributed by atoms with Crippen molar-refractivity contribution in [3.63, 3.8) is 0 Å². The molecule has 4 aliphatic carbocycles. The van der Waals surface area contributed by atoms with E-state index in [-0.39, 0.29) is 44.9 Å². The van der Waals surface area contributed by atoms with Crippen molar-refractivity contribution in [1.29, 1.82) is 0 Å². The van der Waals surface area contributed by atoms with Gasteiger partial charge in [0.2, 0.25) is 0 Å². The highest BCUT2D eigenvalue weighted by molar-refractivity contribution is 5.78. The van der Waals surface area contributed by atoms with E-state index in [4.69, 9.17) is 0 Å². The molecule has 202 valence electrons. The molecule has 0 spiro atoms. The number of phenols is 2. The van der Waals surface area contributed by atoms with Crippen molar-refractivity contribution in [2.75, 3.05) is 0 Å². The third kappa shape index (κ3) is 3.34. The molecule has 1 aromatic rings. The summed E-state index contributed by atoms with van der Waals surface area (Å²) in [5.41, 5.74) is 2.93. The Balaban J connectivity index is 1.70. The van der Waals surface area contributed by atoms with Crippen molar-refractivity contribution in [1.82, 2.24) is 0 Å². The zero-order valence-electron chi connectivity index (χ0n) is 23.6. The van der Waals surface area contributed by atoms with Crippen LogP contribution in [0.15, 0.2) is 17.7 Å². The van der Waals surface area contributed by atoms with Gasteiger partial charge in [0.05, 0.1) is 5.41 Å². The number of rotatable bonds is 3. The molecule has 3 fully saturated rings. The summed E-state index contributed by atoms with van der Waals surface area (Å²) in [6.07, 6.45) is 9.06. The van der Waals surface area contributed by atoms with Gasteiger partial charge in [-0.25, -0.2) is 0 Å². The molecule has 0 amide bonds. The number of carboxylic acids is 1. The molecule has 7 atom stereocenters. The number of hydrogen-bond acceptors (Lipinski definition) is 4. The molecule has 4 aliphatic rings. The Bertz CT molecular complexity index is 1230. The number of allylic oxidation sites excluding steroid dienone is 2. The second-order valence-corrected chi connectivity index (χ2v) is 14.3. The van der Waals surface area contributed by atoms with E-state index in [9.17, 15) is 24.9 Å². The minimum Gasteiger partial charge on any atom is -0.504 e. The summed E-state index contributed by atoms with van der Waals surface area (Å²) in [7, 11) is 0. The van der Waals surface area contributed by atoms with Gasteiger partial charge in [-0.1, -0.05) is 39.3 Å². The number of hydrogen-bond donors (Lipinski definition) is 3. The third-order valence-electron chi connectivity index (χ3n) is 12.2. The number of carbonyl (C=O) groups excluding carboxylic acids is 1. The molecule has 37 heavy (non-hydrogen) atoms. The molecule has 5 rings (SSSR count). The van der Waals surface area contributed by atoms with E-state index in [1.54, 1.807) is 13.0 Å². The summed E-state index contributed by atoms with van der Waals surface area (Å²) >= 11 is 0. The molecule has 0 unspecified atom stereocenters. The van der Waals surface area contributed by atoms with Gasteiger partial charge >= 0.3 is 5.97 Å². The maximum atomic E-state index is 12.4. The predicted molar refractivity (Wildman–Crippen MR) is 144 cm³/mol. The average molecular weight is 509 g/mol. The first kappa shape index (κ1) is 26.3. The van der Waals surface area contributed by atoms with Crippen molar-refractivity contribution in [2.24, 2.45) is 27.6 Å². The van der Waals surface area contributed by atoms with Crippen molar-refractivity contribution in [2.45, 2.75) is 111 Å². The molecule has 0 saturated heterocycles. The first-order valence-electron chi connectivity index (χ1n) is 14.0. The van der Waals surface area contributed by atoms with Gasteiger partial charge in [0, 0.05) is 17.8 Å². The fourth-order valence-electron chi connectivity index (χ4n) is 9.52. The summed E-state index contributed by atoms with van der Waals surface area (Å²) in [5.74, 6) is -0.619. The van der Waals surface area contributed by atoms with E-state index >= 15 is 0 Å². The summed E-state index contributed by atoms with van der Waals surface area (Å²) in [4.78, 5) is 24.8. The van der Waals surface area contributed by atoms with E-state index in [0.717, 1.165) is 49.7 Å². The van der Waals surface area contributed by atoms with Gasteiger partial charge in [-0.2, -0.15) is 0 Å². The van der Waals surface area contributed by atoms with Gasteiger partial charge < -0.3 is 15.3 Å². The maximum Gasteiger partial charge on any atom is 0.309 e. The highest BCUT2D eigenvalue weighted by atomic mass is 16.4. The van der Waals surface area contributed by atoms with Crippen molar-refractivity contribution in [3.05, 3.63) is 34.4 Å². The topological polar surface area (TPSA) is 94.8 Å². The molecule has 5 nitrogen and oxygen atoms in total.